The first kappa shape index (κ1) is 24.0. The van der Waals surface area contributed by atoms with Crippen molar-refractivity contribution in [3.8, 4) is 16.9 Å². The third-order valence-corrected chi connectivity index (χ3v) is 6.42. The quantitative estimate of drug-likeness (QED) is 0.276. The summed E-state index contributed by atoms with van der Waals surface area (Å²) >= 11 is -2.01. The fourth-order valence-electron chi connectivity index (χ4n) is 3.89. The number of fused-ring (bicyclic) bond motifs is 2. The van der Waals surface area contributed by atoms with Gasteiger partial charge in [-0.1, -0.05) is 24.3 Å². The van der Waals surface area contributed by atoms with Gasteiger partial charge < -0.3 is 4.74 Å². The van der Waals surface area contributed by atoms with E-state index >= 15 is 0 Å². The minimum atomic E-state index is -4.58. The van der Waals surface area contributed by atoms with Gasteiger partial charge in [-0.3, -0.25) is 4.18 Å². The van der Waals surface area contributed by atoms with Crippen LogP contribution in [-0.2, 0) is 27.6 Å². The molecule has 10 heteroatoms. The molecule has 1 atom stereocenters. The number of hydrogen-bond donors (Lipinski definition) is 0. The van der Waals surface area contributed by atoms with Crippen molar-refractivity contribution in [1.82, 2.24) is 0 Å². The normalized spacial score (nSPS) is 13.4. The molecule has 0 bridgehead atoms. The summed E-state index contributed by atoms with van der Waals surface area (Å²) in [6, 6.07) is 11.9. The summed E-state index contributed by atoms with van der Waals surface area (Å²) in [4.78, 5) is 0.139. The molecule has 0 spiro atoms. The van der Waals surface area contributed by atoms with E-state index in [0.29, 0.717) is 16.3 Å². The minimum Gasteiger partial charge on any atom is -0.496 e. The Bertz CT molecular complexity index is 1430. The zero-order valence-corrected chi connectivity index (χ0v) is 18.5. The van der Waals surface area contributed by atoms with Crippen LogP contribution in [-0.4, -0.2) is 18.4 Å². The van der Waals surface area contributed by atoms with E-state index in [1.165, 1.54) is 50.6 Å². The predicted octanol–water partition coefficient (Wildman–Crippen LogP) is 7.38. The number of rotatable bonds is 4. The zero-order valence-electron chi connectivity index (χ0n) is 17.7. The van der Waals surface area contributed by atoms with Crippen LogP contribution in [0.15, 0.2) is 65.6 Å². The molecule has 0 N–H and O–H groups in total. The van der Waals surface area contributed by atoms with Gasteiger partial charge in [-0.05, 0) is 57.9 Å². The number of halogens is 6. The summed E-state index contributed by atoms with van der Waals surface area (Å²) in [6.07, 6.45) is -9.14. The molecule has 0 saturated carbocycles. The van der Waals surface area contributed by atoms with Gasteiger partial charge in [0.25, 0.3) is 0 Å². The molecule has 178 valence electrons. The second-order valence-electron chi connectivity index (χ2n) is 7.35. The SMILES string of the molecule is COc1ccc2cc(C(F)(F)F)ccc2c1-c1c(S(=O)OC)ccc2cc(C(F)(F)F)ccc12. The molecule has 34 heavy (non-hydrogen) atoms. The molecule has 4 aromatic rings. The minimum absolute atomic E-state index is 0.139. The Morgan fingerprint density at radius 3 is 1.65 bits per heavy atom. The van der Waals surface area contributed by atoms with Gasteiger partial charge in [-0.2, -0.15) is 26.3 Å². The van der Waals surface area contributed by atoms with Crippen LogP contribution in [0.25, 0.3) is 32.7 Å². The van der Waals surface area contributed by atoms with Crippen LogP contribution >= 0.6 is 0 Å². The maximum atomic E-state index is 13.3. The first-order chi connectivity index (χ1) is 16.0. The standard InChI is InChI=1S/C24H16F6O3S/c1-32-19-9-3-13-11-15(23(25,26)27)5-7-17(13)21(19)22-18-8-6-16(24(28,29)30)12-14(18)4-10-20(22)34(31)33-2/h3-12H,1-2H3. The maximum Gasteiger partial charge on any atom is 0.416 e. The molecule has 0 fully saturated rings. The molecule has 1 unspecified atom stereocenters. The van der Waals surface area contributed by atoms with Crippen molar-refractivity contribution in [2.75, 3.05) is 14.2 Å². The number of hydrogen-bond acceptors (Lipinski definition) is 3. The van der Waals surface area contributed by atoms with E-state index in [2.05, 4.69) is 0 Å². The molecular formula is C24H16F6O3S. The zero-order chi connectivity index (χ0) is 24.8. The Kier molecular flexibility index (Phi) is 6.07. The topological polar surface area (TPSA) is 35.5 Å². The average Bonchev–Trinajstić information content (AvgIpc) is 2.80. The van der Waals surface area contributed by atoms with Crippen molar-refractivity contribution in [2.45, 2.75) is 17.2 Å². The van der Waals surface area contributed by atoms with E-state index in [1.54, 1.807) is 0 Å². The molecule has 0 saturated heterocycles. The van der Waals surface area contributed by atoms with Crippen LogP contribution < -0.4 is 4.74 Å². The Morgan fingerprint density at radius 1 is 0.676 bits per heavy atom. The molecule has 0 amide bonds. The van der Waals surface area contributed by atoms with Gasteiger partial charge in [0, 0.05) is 11.1 Å². The Labute approximate surface area is 192 Å². The van der Waals surface area contributed by atoms with Gasteiger partial charge in [-0.25, -0.2) is 4.21 Å². The summed E-state index contributed by atoms with van der Waals surface area (Å²) in [5.74, 6) is 0.244. The van der Waals surface area contributed by atoms with Gasteiger partial charge in [0.15, 0.2) is 11.1 Å². The second kappa shape index (κ2) is 8.59. The molecule has 0 aliphatic rings. The fourth-order valence-corrected chi connectivity index (χ4v) is 4.62. The highest BCUT2D eigenvalue weighted by molar-refractivity contribution is 7.80. The van der Waals surface area contributed by atoms with Crippen LogP contribution in [0.1, 0.15) is 11.1 Å². The third-order valence-electron chi connectivity index (χ3n) is 5.42. The van der Waals surface area contributed by atoms with Crippen molar-refractivity contribution in [3.63, 3.8) is 0 Å². The second-order valence-corrected chi connectivity index (χ2v) is 8.59. The van der Waals surface area contributed by atoms with Crippen molar-refractivity contribution in [3.05, 3.63) is 71.8 Å². The lowest BCUT2D eigenvalue weighted by Gasteiger charge is -2.19. The highest BCUT2D eigenvalue weighted by Crippen LogP contribution is 2.45. The van der Waals surface area contributed by atoms with Crippen molar-refractivity contribution < 1.29 is 39.5 Å². The van der Waals surface area contributed by atoms with E-state index < -0.39 is 34.6 Å². The summed E-state index contributed by atoms with van der Waals surface area (Å²) < 4.78 is 103. The van der Waals surface area contributed by atoms with Crippen molar-refractivity contribution >= 4 is 32.6 Å². The highest BCUT2D eigenvalue weighted by atomic mass is 32.2. The van der Waals surface area contributed by atoms with Crippen LogP contribution in [0, 0.1) is 0 Å². The van der Waals surface area contributed by atoms with E-state index in [-0.39, 0.29) is 27.0 Å². The van der Waals surface area contributed by atoms with E-state index in [4.69, 9.17) is 8.92 Å². The monoisotopic (exact) mass is 498 g/mol. The smallest absolute Gasteiger partial charge is 0.416 e. The molecule has 0 aliphatic carbocycles. The predicted molar refractivity (Wildman–Crippen MR) is 117 cm³/mol. The lowest BCUT2D eigenvalue weighted by atomic mass is 9.91. The van der Waals surface area contributed by atoms with Crippen molar-refractivity contribution in [1.29, 1.82) is 0 Å². The highest BCUT2D eigenvalue weighted by Gasteiger charge is 2.32. The molecule has 0 heterocycles. The molecule has 0 radical (unpaired) electrons. The Hall–Kier alpha value is -3.11. The van der Waals surface area contributed by atoms with E-state index in [9.17, 15) is 30.6 Å². The summed E-state index contributed by atoms with van der Waals surface area (Å²) in [5.41, 5.74) is -1.19. The largest absolute Gasteiger partial charge is 0.496 e. The average molecular weight is 498 g/mol. The summed E-state index contributed by atoms with van der Waals surface area (Å²) in [7, 11) is 2.56. The molecule has 4 aromatic carbocycles. The van der Waals surface area contributed by atoms with E-state index in [1.807, 2.05) is 0 Å². The number of methoxy groups -OCH3 is 1. The first-order valence-electron chi connectivity index (χ1n) is 9.74. The van der Waals surface area contributed by atoms with Crippen molar-refractivity contribution in [2.24, 2.45) is 0 Å². The molecule has 0 aromatic heterocycles. The molecule has 0 aliphatic heterocycles. The Morgan fingerprint density at radius 2 is 1.18 bits per heavy atom. The summed E-state index contributed by atoms with van der Waals surface area (Å²) in [6.45, 7) is 0. The Balaban J connectivity index is 2.14. The first-order valence-corrected chi connectivity index (χ1v) is 10.8. The number of alkyl halides is 6. The van der Waals surface area contributed by atoms with Gasteiger partial charge >= 0.3 is 12.4 Å². The lowest BCUT2D eigenvalue weighted by molar-refractivity contribution is -0.138. The molecule has 3 nitrogen and oxygen atoms in total. The van der Waals surface area contributed by atoms with Crippen LogP contribution in [0.5, 0.6) is 5.75 Å². The lowest BCUT2D eigenvalue weighted by Crippen LogP contribution is -2.05. The van der Waals surface area contributed by atoms with E-state index in [0.717, 1.165) is 24.3 Å². The summed E-state index contributed by atoms with van der Waals surface area (Å²) in [5, 5.41) is 1.08. The third kappa shape index (κ3) is 4.23. The molecular weight excluding hydrogens is 482 g/mol. The van der Waals surface area contributed by atoms with Gasteiger partial charge in [0.2, 0.25) is 0 Å². The van der Waals surface area contributed by atoms with Gasteiger partial charge in [0.05, 0.1) is 30.2 Å². The van der Waals surface area contributed by atoms with Crippen LogP contribution in [0.2, 0.25) is 0 Å². The molecule has 4 rings (SSSR count). The fraction of sp³-hybridized carbons (Fsp3) is 0.167. The van der Waals surface area contributed by atoms with Gasteiger partial charge in [-0.15, -0.1) is 0 Å². The van der Waals surface area contributed by atoms with Crippen LogP contribution in [0.3, 0.4) is 0 Å². The van der Waals surface area contributed by atoms with Crippen LogP contribution in [0.4, 0.5) is 26.3 Å². The van der Waals surface area contributed by atoms with Gasteiger partial charge in [0.1, 0.15) is 5.75 Å². The maximum absolute atomic E-state index is 13.3. The number of benzene rings is 4. The number of ether oxygens (including phenoxy) is 1.